The van der Waals surface area contributed by atoms with Crippen LogP contribution in [0.25, 0.3) is 0 Å². The molecular formula is C27H39N5O16S2. The van der Waals surface area contributed by atoms with Crippen LogP contribution in [0.5, 0.6) is 5.75 Å². The minimum absolute atomic E-state index is 0.0132. The highest BCUT2D eigenvalue weighted by Gasteiger charge is 2.63. The summed E-state index contributed by atoms with van der Waals surface area (Å²) in [6.45, 7) is 0.0158. The van der Waals surface area contributed by atoms with Gasteiger partial charge in [0, 0.05) is 31.3 Å². The van der Waals surface area contributed by atoms with Gasteiger partial charge in [0.15, 0.2) is 17.1 Å². The zero-order valence-electron chi connectivity index (χ0n) is 27.5. The summed E-state index contributed by atoms with van der Waals surface area (Å²) in [5.41, 5.74) is 2.33. The number of Topliss-reactive ketones (excluding diaryl/α,β-unsaturated/α-hetero) is 2. The molecule has 0 heterocycles. The number of aliphatic hydroxyl groups excluding tert-OH is 2. The van der Waals surface area contributed by atoms with Gasteiger partial charge >= 0.3 is 20.8 Å². The minimum atomic E-state index is -4.67. The molecule has 0 fully saturated rings. The van der Waals surface area contributed by atoms with E-state index in [-0.39, 0.29) is 36.2 Å². The third-order valence-corrected chi connectivity index (χ3v) is 7.91. The second-order valence-electron chi connectivity index (χ2n) is 12.2. The van der Waals surface area contributed by atoms with Crippen LogP contribution in [0.4, 0.5) is 11.4 Å². The van der Waals surface area contributed by atoms with Gasteiger partial charge in [-0.25, -0.2) is 0 Å². The van der Waals surface area contributed by atoms with Crippen molar-refractivity contribution in [3.05, 3.63) is 39.9 Å². The number of phenolic OH excluding ortho intramolecular Hbond substituents is 1. The Morgan fingerprint density at radius 2 is 1.46 bits per heavy atom. The van der Waals surface area contributed by atoms with Crippen molar-refractivity contribution in [1.82, 2.24) is 9.80 Å². The lowest BCUT2D eigenvalue weighted by Crippen LogP contribution is -2.63. The number of nitrogens with two attached hydrogens (primary N) is 1. The average molecular weight is 754 g/mol. The first kappa shape index (κ1) is 42.0. The number of ketones is 2. The summed E-state index contributed by atoms with van der Waals surface area (Å²) in [6, 6.07) is 0.491. The quantitative estimate of drug-likeness (QED) is 0.0886. The summed E-state index contributed by atoms with van der Waals surface area (Å²) in [4.78, 5) is 56.9. The predicted octanol–water partition coefficient (Wildman–Crippen LogP) is -1.62. The van der Waals surface area contributed by atoms with Gasteiger partial charge in [-0.3, -0.25) is 42.3 Å². The van der Waals surface area contributed by atoms with Gasteiger partial charge in [-0.05, 0) is 58.6 Å². The van der Waals surface area contributed by atoms with Crippen LogP contribution >= 0.6 is 0 Å². The Morgan fingerprint density at radius 3 is 1.88 bits per heavy atom. The fourth-order valence-corrected chi connectivity index (χ4v) is 6.27. The SMILES string of the molecule is CN(C)CC(=O)Nc1cc(N(C)C)c2c(c1O)C(=O)C1=C(O)[C@]3(O)C(=O)C(C(N)=O)=C(O)[C@@H](N(C)C)C3CC1C2.O=S(=O)(O)O.O=S(=O)(O)O. The maximum atomic E-state index is 14.0. The molecule has 0 saturated heterocycles. The van der Waals surface area contributed by atoms with Crippen molar-refractivity contribution >= 4 is 55.6 Å². The summed E-state index contributed by atoms with van der Waals surface area (Å²) >= 11 is 0. The van der Waals surface area contributed by atoms with Crippen molar-refractivity contribution in [2.45, 2.75) is 24.5 Å². The van der Waals surface area contributed by atoms with Gasteiger partial charge in [-0.1, -0.05) is 0 Å². The first-order valence-electron chi connectivity index (χ1n) is 14.1. The standard InChI is InChI=1S/C27H35N5O8.2H2O4S/c1-30(2)10-16(33)29-14-9-15(31(3)4)12-7-11-8-13-20(32(5)6)23(36)19(26(28)39)25(38)27(13,40)24(37)17(11)22(35)18(12)21(14)34;2*1-5(2,3)4/h9,11,13,20,34,36-37,40H,7-8,10H2,1-6H3,(H2,28,39)(H,29,33);2*(H2,1,2,3,4)/t11?,13?,20-,27-;;/m0../s1. The van der Waals surface area contributed by atoms with Crippen LogP contribution in [0, 0.1) is 11.8 Å². The average Bonchev–Trinajstić information content (AvgIpc) is 2.89. The van der Waals surface area contributed by atoms with E-state index in [0.717, 1.165) is 0 Å². The Labute approximate surface area is 286 Å². The van der Waals surface area contributed by atoms with Crippen LogP contribution in [0.15, 0.2) is 28.7 Å². The maximum absolute atomic E-state index is 14.0. The minimum Gasteiger partial charge on any atom is -0.510 e. The molecule has 0 radical (unpaired) electrons. The Morgan fingerprint density at radius 1 is 0.960 bits per heavy atom. The lowest BCUT2D eigenvalue weighted by atomic mass is 9.58. The molecule has 3 aliphatic rings. The molecule has 1 aromatic rings. The van der Waals surface area contributed by atoms with E-state index in [4.69, 9.17) is 40.8 Å². The molecule has 0 aromatic heterocycles. The Balaban J connectivity index is 0.000000761. The second-order valence-corrected chi connectivity index (χ2v) is 14.0. The molecule has 11 N–H and O–H groups in total. The van der Waals surface area contributed by atoms with Crippen molar-refractivity contribution in [3.63, 3.8) is 0 Å². The number of likely N-dealkylation sites (N-methyl/N-ethyl adjacent to an activating group) is 2. The van der Waals surface area contributed by atoms with E-state index in [1.165, 1.54) is 4.90 Å². The van der Waals surface area contributed by atoms with Crippen molar-refractivity contribution in [2.75, 3.05) is 59.0 Å². The molecular weight excluding hydrogens is 714 g/mol. The summed E-state index contributed by atoms with van der Waals surface area (Å²) in [5.74, 6) is -7.73. The highest BCUT2D eigenvalue weighted by atomic mass is 32.3. The Bertz CT molecular complexity index is 1830. The van der Waals surface area contributed by atoms with Gasteiger partial charge in [0.05, 0.1) is 23.8 Å². The summed E-state index contributed by atoms with van der Waals surface area (Å²) in [7, 11) is 0.679. The lowest BCUT2D eigenvalue weighted by molar-refractivity contribution is -0.148. The smallest absolute Gasteiger partial charge is 0.394 e. The van der Waals surface area contributed by atoms with Gasteiger partial charge in [0.25, 0.3) is 5.91 Å². The number of anilines is 2. The van der Waals surface area contributed by atoms with Crippen molar-refractivity contribution in [3.8, 4) is 5.75 Å². The molecule has 21 nitrogen and oxygen atoms in total. The van der Waals surface area contributed by atoms with E-state index in [0.29, 0.717) is 11.3 Å². The van der Waals surface area contributed by atoms with Gasteiger partial charge in [-0.2, -0.15) is 16.8 Å². The lowest BCUT2D eigenvalue weighted by Gasteiger charge is -2.50. The maximum Gasteiger partial charge on any atom is 0.394 e. The van der Waals surface area contributed by atoms with E-state index >= 15 is 0 Å². The van der Waals surface area contributed by atoms with Crippen molar-refractivity contribution in [1.29, 1.82) is 0 Å². The number of rotatable bonds is 6. The fourth-order valence-electron chi connectivity index (χ4n) is 6.27. The van der Waals surface area contributed by atoms with E-state index in [9.17, 15) is 39.6 Å². The third-order valence-electron chi connectivity index (χ3n) is 7.91. The monoisotopic (exact) mass is 753 g/mol. The number of phenols is 1. The second kappa shape index (κ2) is 15.0. The number of aromatic hydroxyl groups is 1. The molecule has 0 spiro atoms. The number of hydrogen-bond acceptors (Lipinski definition) is 15. The Hall–Kier alpha value is -4.20. The van der Waals surface area contributed by atoms with E-state index < -0.39 is 90.5 Å². The van der Waals surface area contributed by atoms with Crippen molar-refractivity contribution < 1.29 is 74.7 Å². The Kier molecular flexibility index (Phi) is 12.6. The van der Waals surface area contributed by atoms with Crippen LogP contribution < -0.4 is 16.0 Å². The first-order valence-corrected chi connectivity index (χ1v) is 16.9. The number of aliphatic hydroxyl groups is 3. The van der Waals surface area contributed by atoms with Gasteiger partial charge in [-0.15, -0.1) is 0 Å². The number of fused-ring (bicyclic) bond motifs is 3. The number of carbonyl (C=O) groups excluding carboxylic acids is 4. The first-order chi connectivity index (χ1) is 22.5. The van der Waals surface area contributed by atoms with Gasteiger partial charge in [0.2, 0.25) is 11.7 Å². The van der Waals surface area contributed by atoms with Crippen LogP contribution in [0.2, 0.25) is 0 Å². The van der Waals surface area contributed by atoms with Crippen LogP contribution in [0.1, 0.15) is 22.3 Å². The van der Waals surface area contributed by atoms with Gasteiger partial charge < -0.3 is 41.3 Å². The molecule has 0 saturated carbocycles. The van der Waals surface area contributed by atoms with E-state index in [2.05, 4.69) is 5.32 Å². The molecule has 23 heteroatoms. The summed E-state index contributed by atoms with van der Waals surface area (Å²) < 4.78 is 63.2. The molecule has 2 amide bonds. The predicted molar refractivity (Wildman–Crippen MR) is 174 cm³/mol. The number of amides is 2. The molecule has 280 valence electrons. The zero-order valence-corrected chi connectivity index (χ0v) is 29.1. The molecule has 2 unspecified atom stereocenters. The number of nitrogens with one attached hydrogen (secondary N) is 1. The molecule has 50 heavy (non-hydrogen) atoms. The topological polar surface area (TPSA) is 346 Å². The number of carbonyl (C=O) groups is 4. The molecule has 0 aliphatic heterocycles. The normalized spacial score (nSPS) is 23.2. The van der Waals surface area contributed by atoms with Gasteiger partial charge in [0.1, 0.15) is 17.1 Å². The highest BCUT2D eigenvalue weighted by molar-refractivity contribution is 7.80. The largest absolute Gasteiger partial charge is 0.510 e. The van der Waals surface area contributed by atoms with Crippen LogP contribution in [0.3, 0.4) is 0 Å². The summed E-state index contributed by atoms with van der Waals surface area (Å²) in [5, 5.41) is 47.8. The van der Waals surface area contributed by atoms with Crippen LogP contribution in [-0.2, 0) is 41.6 Å². The molecule has 4 atom stereocenters. The third kappa shape index (κ3) is 9.12. The van der Waals surface area contributed by atoms with E-state index in [1.54, 1.807) is 58.2 Å². The molecule has 4 rings (SSSR count). The number of allylic oxidation sites excluding steroid dienone is 1. The summed E-state index contributed by atoms with van der Waals surface area (Å²) in [6.07, 6.45) is 0.127. The molecule has 0 bridgehead atoms. The number of benzene rings is 1. The molecule has 3 aliphatic carbocycles. The zero-order chi connectivity index (χ0) is 39.0. The van der Waals surface area contributed by atoms with Crippen LogP contribution in [-0.4, -0.2) is 149 Å². The highest BCUT2D eigenvalue weighted by Crippen LogP contribution is 2.53. The van der Waals surface area contributed by atoms with E-state index in [1.807, 2.05) is 0 Å². The number of nitrogens with zero attached hydrogens (tertiary/aromatic N) is 3. The number of primary amides is 1. The number of hydrogen-bond donors (Lipinski definition) is 10. The molecule has 1 aromatic carbocycles. The van der Waals surface area contributed by atoms with Crippen molar-refractivity contribution in [2.24, 2.45) is 17.6 Å². The fraction of sp³-hybridized carbons (Fsp3) is 0.481.